The minimum Gasteiger partial charge on any atom is -0.379 e. The molecule has 3 nitrogen and oxygen atoms in total. The van der Waals surface area contributed by atoms with Gasteiger partial charge in [-0.25, -0.2) is 0 Å². The number of nitrogens with zero attached hydrogens (tertiary/aromatic N) is 1. The quantitative estimate of drug-likeness (QED) is 0.743. The molecule has 1 saturated heterocycles. The Kier molecular flexibility index (Phi) is 10.9. The highest BCUT2D eigenvalue weighted by Gasteiger charge is 2.05. The third kappa shape index (κ3) is 10.7. The highest BCUT2D eigenvalue weighted by atomic mass is 16.5. The fourth-order valence-corrected chi connectivity index (χ4v) is 1.39. The summed E-state index contributed by atoms with van der Waals surface area (Å²) >= 11 is 0. The minimum absolute atomic E-state index is 0.388. The topological polar surface area (TPSA) is 21.7 Å². The average Bonchev–Trinajstić information content (AvgIpc) is 2.37. The first-order valence-corrected chi connectivity index (χ1v) is 7.01. The highest BCUT2D eigenvalue weighted by Crippen LogP contribution is 2.02. The molecule has 17 heavy (non-hydrogen) atoms. The predicted octanol–water partition coefficient (Wildman–Crippen LogP) is 2.80. The van der Waals surface area contributed by atoms with Crippen molar-refractivity contribution in [2.75, 3.05) is 39.5 Å². The number of ether oxygens (including phenoxy) is 2. The van der Waals surface area contributed by atoms with Crippen molar-refractivity contribution in [2.45, 2.75) is 47.1 Å². The Bertz CT molecular complexity index is 156. The van der Waals surface area contributed by atoms with Crippen LogP contribution in [0.2, 0.25) is 0 Å². The summed E-state index contributed by atoms with van der Waals surface area (Å²) in [6.45, 7) is 16.9. The van der Waals surface area contributed by atoms with E-state index in [-0.39, 0.29) is 0 Å². The Morgan fingerprint density at radius 1 is 1.12 bits per heavy atom. The Labute approximate surface area is 107 Å². The molecule has 1 heterocycles. The van der Waals surface area contributed by atoms with Gasteiger partial charge in [0.25, 0.3) is 0 Å². The van der Waals surface area contributed by atoms with E-state index in [1.165, 1.54) is 13.0 Å². The molecule has 1 unspecified atom stereocenters. The Hall–Kier alpha value is -0.120. The normalized spacial score (nSPS) is 18.7. The van der Waals surface area contributed by atoms with E-state index in [4.69, 9.17) is 9.47 Å². The second-order valence-electron chi connectivity index (χ2n) is 4.94. The molecular formula is C14H31NO2. The van der Waals surface area contributed by atoms with Crippen LogP contribution >= 0.6 is 0 Å². The van der Waals surface area contributed by atoms with Crippen LogP contribution in [0.1, 0.15) is 41.0 Å². The summed E-state index contributed by atoms with van der Waals surface area (Å²) in [5.74, 6) is 0.715. The number of rotatable bonds is 5. The average molecular weight is 245 g/mol. The van der Waals surface area contributed by atoms with Gasteiger partial charge in [0.2, 0.25) is 0 Å². The van der Waals surface area contributed by atoms with E-state index in [2.05, 4.69) is 39.5 Å². The Morgan fingerprint density at radius 3 is 2.06 bits per heavy atom. The summed E-state index contributed by atoms with van der Waals surface area (Å²) in [5.41, 5.74) is 0. The summed E-state index contributed by atoms with van der Waals surface area (Å²) < 4.78 is 10.6. The molecule has 1 atom stereocenters. The van der Waals surface area contributed by atoms with E-state index in [1.54, 1.807) is 0 Å². The van der Waals surface area contributed by atoms with Gasteiger partial charge in [-0.3, -0.25) is 4.90 Å². The monoisotopic (exact) mass is 245 g/mol. The van der Waals surface area contributed by atoms with Crippen LogP contribution in [0, 0.1) is 5.92 Å². The number of likely N-dealkylation sites (N-methyl/N-ethyl adjacent to an activating group) is 1. The SMILES string of the molecule is CCC(C)COC(C)C.CCN1CCOCC1. The van der Waals surface area contributed by atoms with Crippen molar-refractivity contribution in [3.05, 3.63) is 0 Å². The van der Waals surface area contributed by atoms with Gasteiger partial charge < -0.3 is 9.47 Å². The Balaban J connectivity index is 0.000000302. The molecule has 0 saturated carbocycles. The maximum absolute atomic E-state index is 5.39. The molecule has 0 aromatic carbocycles. The summed E-state index contributed by atoms with van der Waals surface area (Å²) in [6.07, 6.45) is 1.60. The van der Waals surface area contributed by atoms with E-state index in [0.717, 1.165) is 32.9 Å². The zero-order chi connectivity index (χ0) is 13.1. The minimum atomic E-state index is 0.388. The molecular weight excluding hydrogens is 214 g/mol. The lowest BCUT2D eigenvalue weighted by atomic mass is 10.1. The van der Waals surface area contributed by atoms with Gasteiger partial charge in [0.15, 0.2) is 0 Å². The molecule has 1 aliphatic rings. The van der Waals surface area contributed by atoms with E-state index in [1.807, 2.05) is 0 Å². The maximum atomic E-state index is 5.39. The van der Waals surface area contributed by atoms with Crippen molar-refractivity contribution < 1.29 is 9.47 Å². The van der Waals surface area contributed by atoms with Crippen LogP contribution in [0.5, 0.6) is 0 Å². The molecule has 1 fully saturated rings. The Morgan fingerprint density at radius 2 is 1.71 bits per heavy atom. The van der Waals surface area contributed by atoms with Crippen molar-refractivity contribution in [2.24, 2.45) is 5.92 Å². The van der Waals surface area contributed by atoms with Crippen LogP contribution in [0.3, 0.4) is 0 Å². The van der Waals surface area contributed by atoms with Crippen LogP contribution in [-0.2, 0) is 9.47 Å². The number of morpholine rings is 1. The fraction of sp³-hybridized carbons (Fsp3) is 1.00. The second kappa shape index (κ2) is 11.0. The number of hydrogen-bond acceptors (Lipinski definition) is 3. The molecule has 0 spiro atoms. The molecule has 0 aromatic heterocycles. The van der Waals surface area contributed by atoms with E-state index in [9.17, 15) is 0 Å². The molecule has 104 valence electrons. The summed E-state index contributed by atoms with van der Waals surface area (Å²) in [6, 6.07) is 0. The van der Waals surface area contributed by atoms with Crippen LogP contribution in [0.25, 0.3) is 0 Å². The lowest BCUT2D eigenvalue weighted by Crippen LogP contribution is -2.35. The zero-order valence-electron chi connectivity index (χ0n) is 12.4. The van der Waals surface area contributed by atoms with Gasteiger partial charge in [-0.15, -0.1) is 0 Å². The zero-order valence-corrected chi connectivity index (χ0v) is 12.4. The molecule has 0 N–H and O–H groups in total. The largest absolute Gasteiger partial charge is 0.379 e. The molecule has 0 bridgehead atoms. The summed E-state index contributed by atoms with van der Waals surface area (Å²) in [5, 5.41) is 0. The first-order chi connectivity index (χ1) is 8.10. The smallest absolute Gasteiger partial charge is 0.0594 e. The van der Waals surface area contributed by atoms with Gasteiger partial charge in [-0.1, -0.05) is 27.2 Å². The lowest BCUT2D eigenvalue weighted by Gasteiger charge is -2.24. The molecule has 0 radical (unpaired) electrons. The van der Waals surface area contributed by atoms with Crippen LogP contribution in [-0.4, -0.2) is 50.5 Å². The summed E-state index contributed by atoms with van der Waals surface area (Å²) in [4.78, 5) is 2.39. The molecule has 1 aliphatic heterocycles. The first kappa shape index (κ1) is 16.9. The third-order valence-corrected chi connectivity index (χ3v) is 2.96. The predicted molar refractivity (Wildman–Crippen MR) is 73.5 cm³/mol. The van der Waals surface area contributed by atoms with Crippen molar-refractivity contribution in [3.8, 4) is 0 Å². The van der Waals surface area contributed by atoms with E-state index in [0.29, 0.717) is 12.0 Å². The highest BCUT2D eigenvalue weighted by molar-refractivity contribution is 4.57. The molecule has 0 aromatic rings. The lowest BCUT2D eigenvalue weighted by molar-refractivity contribution is 0.0405. The molecule has 0 amide bonds. The van der Waals surface area contributed by atoms with E-state index >= 15 is 0 Å². The van der Waals surface area contributed by atoms with Gasteiger partial charge in [0.05, 0.1) is 19.3 Å². The first-order valence-electron chi connectivity index (χ1n) is 7.01. The molecule has 1 rings (SSSR count). The number of hydrogen-bond donors (Lipinski definition) is 0. The standard InChI is InChI=1S/C8H18O.C6H13NO/c1-5-8(4)6-9-7(2)3;1-2-7-3-5-8-6-4-7/h7-8H,5-6H2,1-4H3;2-6H2,1H3. The van der Waals surface area contributed by atoms with Crippen LogP contribution in [0.15, 0.2) is 0 Å². The van der Waals surface area contributed by atoms with Crippen molar-refractivity contribution >= 4 is 0 Å². The van der Waals surface area contributed by atoms with Gasteiger partial charge in [-0.05, 0) is 26.3 Å². The van der Waals surface area contributed by atoms with Gasteiger partial charge in [0.1, 0.15) is 0 Å². The van der Waals surface area contributed by atoms with E-state index < -0.39 is 0 Å². The van der Waals surface area contributed by atoms with Gasteiger partial charge in [-0.2, -0.15) is 0 Å². The van der Waals surface area contributed by atoms with Crippen LogP contribution in [0.4, 0.5) is 0 Å². The second-order valence-corrected chi connectivity index (χ2v) is 4.94. The van der Waals surface area contributed by atoms with Gasteiger partial charge in [0, 0.05) is 19.7 Å². The fourth-order valence-electron chi connectivity index (χ4n) is 1.39. The summed E-state index contributed by atoms with van der Waals surface area (Å²) in [7, 11) is 0. The maximum Gasteiger partial charge on any atom is 0.0594 e. The third-order valence-electron chi connectivity index (χ3n) is 2.96. The molecule has 0 aliphatic carbocycles. The van der Waals surface area contributed by atoms with Crippen LogP contribution < -0.4 is 0 Å². The van der Waals surface area contributed by atoms with Crippen molar-refractivity contribution in [3.63, 3.8) is 0 Å². The van der Waals surface area contributed by atoms with Crippen molar-refractivity contribution in [1.29, 1.82) is 0 Å². The molecule has 3 heteroatoms. The van der Waals surface area contributed by atoms with Crippen molar-refractivity contribution in [1.82, 2.24) is 4.90 Å². The van der Waals surface area contributed by atoms with Gasteiger partial charge >= 0.3 is 0 Å².